The number of amides is 1. The van der Waals surface area contributed by atoms with Crippen molar-refractivity contribution in [1.82, 2.24) is 15.5 Å². The monoisotopic (exact) mass is 316 g/mol. The predicted molar refractivity (Wildman–Crippen MR) is 90.1 cm³/mol. The first-order valence-corrected chi connectivity index (χ1v) is 7.66. The minimum atomic E-state index is -0.503. The van der Waals surface area contributed by atoms with Crippen molar-refractivity contribution in [2.45, 2.75) is 45.9 Å². The number of nitrogens with zero attached hydrogens (tertiary/aromatic N) is 1. The van der Waals surface area contributed by atoms with Crippen LogP contribution in [0.15, 0.2) is 36.5 Å². The highest BCUT2D eigenvalue weighted by Gasteiger charge is 2.16. The Morgan fingerprint density at radius 3 is 2.70 bits per heavy atom. The third kappa shape index (κ3) is 5.32. The Labute approximate surface area is 136 Å². The van der Waals surface area contributed by atoms with E-state index in [1.807, 2.05) is 58.0 Å². The van der Waals surface area contributed by atoms with E-state index in [-0.39, 0.29) is 6.04 Å². The van der Waals surface area contributed by atoms with Gasteiger partial charge in [-0.25, -0.2) is 4.79 Å². The Morgan fingerprint density at radius 2 is 2.04 bits per heavy atom. The van der Waals surface area contributed by atoms with Crippen LogP contribution < -0.4 is 10.6 Å². The Balaban J connectivity index is 1.99. The third-order valence-corrected chi connectivity index (χ3v) is 3.20. The number of rotatable bonds is 5. The first-order chi connectivity index (χ1) is 10.8. The van der Waals surface area contributed by atoms with Gasteiger partial charge in [0.2, 0.25) is 0 Å². The van der Waals surface area contributed by atoms with Crippen LogP contribution in [0.2, 0.25) is 0 Å². The summed E-state index contributed by atoms with van der Waals surface area (Å²) in [5.41, 5.74) is 2.45. The molecule has 0 spiro atoms. The summed E-state index contributed by atoms with van der Waals surface area (Å²) in [6.07, 6.45) is 1.30. The van der Waals surface area contributed by atoms with E-state index in [0.29, 0.717) is 6.54 Å². The van der Waals surface area contributed by atoms with Crippen LogP contribution in [0.5, 0.6) is 0 Å². The summed E-state index contributed by atoms with van der Waals surface area (Å²) in [7, 11) is 0. The summed E-state index contributed by atoms with van der Waals surface area (Å²) < 4.78 is 5.26. The molecule has 2 aromatic rings. The van der Waals surface area contributed by atoms with E-state index in [1.54, 1.807) is 6.20 Å². The van der Waals surface area contributed by atoms with E-state index in [1.165, 1.54) is 0 Å². The maximum absolute atomic E-state index is 11.8. The molecule has 0 radical (unpaired) electrons. The number of anilines is 1. The fourth-order valence-electron chi connectivity index (χ4n) is 2.12. The summed E-state index contributed by atoms with van der Waals surface area (Å²) in [4.78, 5) is 11.8. The predicted octanol–water partition coefficient (Wildman–Crippen LogP) is 3.61. The summed E-state index contributed by atoms with van der Waals surface area (Å²) >= 11 is 0. The summed E-state index contributed by atoms with van der Waals surface area (Å²) in [6, 6.07) is 9.87. The van der Waals surface area contributed by atoms with Crippen molar-refractivity contribution in [2.75, 3.05) is 5.32 Å². The second kappa shape index (κ2) is 7.17. The second-order valence-corrected chi connectivity index (χ2v) is 6.39. The molecule has 6 heteroatoms. The highest BCUT2D eigenvalue weighted by atomic mass is 16.6. The minimum absolute atomic E-state index is 0.0835. The van der Waals surface area contributed by atoms with E-state index >= 15 is 0 Å². The van der Waals surface area contributed by atoms with Crippen molar-refractivity contribution in [2.24, 2.45) is 0 Å². The number of benzene rings is 1. The van der Waals surface area contributed by atoms with Crippen LogP contribution in [0.3, 0.4) is 0 Å². The number of aromatic nitrogens is 2. The fourth-order valence-corrected chi connectivity index (χ4v) is 2.12. The maximum atomic E-state index is 11.8. The maximum Gasteiger partial charge on any atom is 0.407 e. The first kappa shape index (κ1) is 16.9. The molecule has 1 atom stereocenters. The van der Waals surface area contributed by atoms with Gasteiger partial charge in [0.1, 0.15) is 5.60 Å². The summed E-state index contributed by atoms with van der Waals surface area (Å²) in [5, 5.41) is 13.1. The molecular formula is C17H24N4O2. The van der Waals surface area contributed by atoms with E-state index < -0.39 is 11.7 Å². The zero-order valence-electron chi connectivity index (χ0n) is 14.0. The van der Waals surface area contributed by atoms with E-state index in [4.69, 9.17) is 4.74 Å². The number of carbonyl (C=O) groups excluding carboxylic acids is 1. The van der Waals surface area contributed by atoms with Gasteiger partial charge in [-0.3, -0.25) is 5.10 Å². The van der Waals surface area contributed by atoms with Crippen molar-refractivity contribution < 1.29 is 9.53 Å². The molecule has 0 saturated heterocycles. The van der Waals surface area contributed by atoms with Gasteiger partial charge in [-0.05, 0) is 45.4 Å². The Morgan fingerprint density at radius 1 is 1.30 bits per heavy atom. The molecule has 1 aromatic heterocycles. The van der Waals surface area contributed by atoms with Gasteiger partial charge in [-0.1, -0.05) is 18.2 Å². The largest absolute Gasteiger partial charge is 0.444 e. The summed E-state index contributed by atoms with van der Waals surface area (Å²) in [5.74, 6) is 0. The molecule has 6 nitrogen and oxygen atoms in total. The second-order valence-electron chi connectivity index (χ2n) is 6.39. The zero-order valence-corrected chi connectivity index (χ0v) is 14.0. The van der Waals surface area contributed by atoms with Crippen LogP contribution in [0.4, 0.5) is 10.5 Å². The van der Waals surface area contributed by atoms with Crippen LogP contribution in [-0.2, 0) is 11.3 Å². The molecule has 0 fully saturated rings. The van der Waals surface area contributed by atoms with E-state index in [2.05, 4.69) is 20.8 Å². The Hall–Kier alpha value is -2.50. The van der Waals surface area contributed by atoms with Crippen LogP contribution in [0.1, 0.15) is 45.0 Å². The van der Waals surface area contributed by atoms with Crippen LogP contribution in [0.25, 0.3) is 0 Å². The highest BCUT2D eigenvalue weighted by Crippen LogP contribution is 2.21. The topological polar surface area (TPSA) is 79.0 Å². The number of hydrogen-bond donors (Lipinski definition) is 3. The lowest BCUT2D eigenvalue weighted by atomic mass is 10.1. The van der Waals surface area contributed by atoms with Crippen molar-refractivity contribution in [1.29, 1.82) is 0 Å². The summed E-state index contributed by atoms with van der Waals surface area (Å²) in [6.45, 7) is 7.97. The molecule has 0 aliphatic heterocycles. The number of H-pyrrole nitrogens is 1. The van der Waals surface area contributed by atoms with Gasteiger partial charge >= 0.3 is 6.09 Å². The minimum Gasteiger partial charge on any atom is -0.444 e. The number of nitrogens with one attached hydrogen (secondary N) is 3. The molecule has 0 aliphatic carbocycles. The fraction of sp³-hybridized carbons (Fsp3) is 0.412. The molecular weight excluding hydrogens is 292 g/mol. The van der Waals surface area contributed by atoms with Gasteiger partial charge in [0.15, 0.2) is 0 Å². The van der Waals surface area contributed by atoms with E-state index in [9.17, 15) is 4.79 Å². The van der Waals surface area contributed by atoms with Gasteiger partial charge in [-0.15, -0.1) is 0 Å². The molecule has 3 N–H and O–H groups in total. The Bertz CT molecular complexity index is 632. The molecule has 23 heavy (non-hydrogen) atoms. The number of carbonyl (C=O) groups is 1. The van der Waals surface area contributed by atoms with Gasteiger partial charge in [0, 0.05) is 18.4 Å². The van der Waals surface area contributed by atoms with Gasteiger partial charge in [0.05, 0.1) is 11.7 Å². The lowest BCUT2D eigenvalue weighted by Gasteiger charge is -2.21. The number of alkyl carbamates (subject to hydrolysis) is 1. The van der Waals surface area contributed by atoms with Gasteiger partial charge < -0.3 is 15.4 Å². The molecule has 0 saturated carbocycles. The normalized spacial score (nSPS) is 12.5. The lowest BCUT2D eigenvalue weighted by molar-refractivity contribution is 0.0523. The van der Waals surface area contributed by atoms with Gasteiger partial charge in [0.25, 0.3) is 0 Å². The molecule has 2 rings (SSSR count). The molecule has 1 unspecified atom stereocenters. The van der Waals surface area contributed by atoms with Crippen molar-refractivity contribution in [3.05, 3.63) is 47.8 Å². The molecule has 1 heterocycles. The zero-order chi connectivity index (χ0) is 16.9. The quantitative estimate of drug-likeness (QED) is 0.787. The molecule has 124 valence electrons. The van der Waals surface area contributed by atoms with Crippen LogP contribution >= 0.6 is 0 Å². The lowest BCUT2D eigenvalue weighted by Crippen LogP contribution is -2.32. The highest BCUT2D eigenvalue weighted by molar-refractivity contribution is 5.68. The van der Waals surface area contributed by atoms with Crippen LogP contribution in [0, 0.1) is 0 Å². The number of ether oxygens (including phenoxy) is 1. The number of aromatic amines is 1. The van der Waals surface area contributed by atoms with Gasteiger partial charge in [-0.2, -0.15) is 5.10 Å². The molecule has 1 aromatic carbocycles. The van der Waals surface area contributed by atoms with Crippen molar-refractivity contribution >= 4 is 11.8 Å². The van der Waals surface area contributed by atoms with Crippen molar-refractivity contribution in [3.8, 4) is 0 Å². The number of hydrogen-bond acceptors (Lipinski definition) is 4. The molecule has 0 bridgehead atoms. The molecule has 1 amide bonds. The average Bonchev–Trinajstić information content (AvgIpc) is 2.99. The third-order valence-electron chi connectivity index (χ3n) is 3.20. The smallest absolute Gasteiger partial charge is 0.407 e. The first-order valence-electron chi connectivity index (χ1n) is 7.66. The van der Waals surface area contributed by atoms with Crippen LogP contribution in [-0.4, -0.2) is 21.9 Å². The Kier molecular flexibility index (Phi) is 5.26. The van der Waals surface area contributed by atoms with E-state index in [0.717, 1.165) is 16.9 Å². The number of para-hydroxylation sites is 1. The van der Waals surface area contributed by atoms with Crippen molar-refractivity contribution in [3.63, 3.8) is 0 Å². The molecule has 0 aliphatic rings. The standard InChI is InChI=1S/C17H24N4O2/c1-12(14-9-10-19-21-14)20-15-8-6-5-7-13(15)11-18-16(22)23-17(2,3)4/h5-10,12,20H,11H2,1-4H3,(H,18,22)(H,19,21). The average molecular weight is 316 g/mol. The SMILES string of the molecule is CC(Nc1ccccc1CNC(=O)OC(C)(C)C)c1ccn[nH]1.